The van der Waals surface area contributed by atoms with Crippen LogP contribution >= 0.6 is 0 Å². The van der Waals surface area contributed by atoms with Crippen molar-refractivity contribution in [3.8, 4) is 0 Å². The molecule has 3 fully saturated rings. The van der Waals surface area contributed by atoms with Crippen molar-refractivity contribution in [1.82, 2.24) is 10.6 Å². The highest BCUT2D eigenvalue weighted by Crippen LogP contribution is 2.37. The first-order chi connectivity index (χ1) is 12.0. The average Bonchev–Trinajstić information content (AvgIpc) is 2.53. The molecule has 3 aliphatic rings. The van der Waals surface area contributed by atoms with Crippen LogP contribution in [0.1, 0.15) is 25.7 Å². The zero-order valence-electron chi connectivity index (χ0n) is 14.1. The molecular weight excluding hydrogens is 323 g/mol. The van der Waals surface area contributed by atoms with Gasteiger partial charge in [0.05, 0.1) is 5.69 Å². The molecule has 3 heterocycles. The fourth-order valence-corrected chi connectivity index (χ4v) is 4.02. The summed E-state index contributed by atoms with van der Waals surface area (Å²) in [6, 6.07) is 4.79. The van der Waals surface area contributed by atoms with E-state index >= 15 is 0 Å². The van der Waals surface area contributed by atoms with Crippen LogP contribution in [0.5, 0.6) is 0 Å². The van der Waals surface area contributed by atoms with Gasteiger partial charge in [0.15, 0.2) is 0 Å². The van der Waals surface area contributed by atoms with E-state index in [0.29, 0.717) is 16.8 Å². The number of halogens is 1. The molecule has 0 aromatic heterocycles. The number of piperidine rings is 2. The summed E-state index contributed by atoms with van der Waals surface area (Å²) in [4.78, 5) is 25.0. The van der Waals surface area contributed by atoms with E-state index in [-0.39, 0.29) is 36.5 Å². The van der Waals surface area contributed by atoms with Crippen LogP contribution in [0.25, 0.3) is 0 Å². The highest BCUT2D eigenvalue weighted by molar-refractivity contribution is 5.98. The molecule has 1 aromatic rings. The molecule has 134 valence electrons. The first kappa shape index (κ1) is 16.3. The smallest absolute Gasteiger partial charge is 0.228 e. The fraction of sp³-hybridized carbons (Fsp3) is 0.556. The zero-order valence-corrected chi connectivity index (χ0v) is 14.1. The second-order valence-electron chi connectivity index (χ2n) is 7.48. The van der Waals surface area contributed by atoms with Gasteiger partial charge < -0.3 is 15.5 Å². The lowest BCUT2D eigenvalue weighted by atomic mass is 9.73. The first-order valence-corrected chi connectivity index (χ1v) is 8.87. The van der Waals surface area contributed by atoms with Gasteiger partial charge in [-0.15, -0.1) is 0 Å². The van der Waals surface area contributed by atoms with Crippen LogP contribution in [0.3, 0.4) is 0 Å². The normalized spacial score (nSPS) is 23.3. The van der Waals surface area contributed by atoms with Crippen molar-refractivity contribution in [1.29, 1.82) is 0 Å². The molecule has 0 atom stereocenters. The molecule has 7 heteroatoms. The van der Waals surface area contributed by atoms with Crippen molar-refractivity contribution in [2.24, 2.45) is 5.41 Å². The molecule has 0 bridgehead atoms. The quantitative estimate of drug-likeness (QED) is 0.718. The summed E-state index contributed by atoms with van der Waals surface area (Å²) in [6.07, 6.45) is 2.63. The Hall–Kier alpha value is -2.15. The van der Waals surface area contributed by atoms with Crippen molar-refractivity contribution in [3.63, 3.8) is 0 Å². The fourth-order valence-electron chi connectivity index (χ4n) is 4.02. The van der Waals surface area contributed by atoms with E-state index < -0.39 is 0 Å². The molecule has 25 heavy (non-hydrogen) atoms. The Balaban J connectivity index is 1.40. The van der Waals surface area contributed by atoms with Gasteiger partial charge in [-0.05, 0) is 36.5 Å². The van der Waals surface area contributed by atoms with Gasteiger partial charge in [0.2, 0.25) is 11.8 Å². The largest absolute Gasteiger partial charge is 0.381 e. The number of anilines is 2. The Morgan fingerprint density at radius 3 is 2.36 bits per heavy atom. The molecule has 0 aliphatic carbocycles. The van der Waals surface area contributed by atoms with Crippen molar-refractivity contribution in [2.75, 3.05) is 36.4 Å². The minimum atomic E-state index is -0.293. The summed E-state index contributed by atoms with van der Waals surface area (Å²) in [5.74, 6) is -0.851. The van der Waals surface area contributed by atoms with Crippen LogP contribution in [-0.4, -0.2) is 44.0 Å². The maximum atomic E-state index is 14.6. The third kappa shape index (κ3) is 3.33. The maximum absolute atomic E-state index is 14.6. The van der Waals surface area contributed by atoms with E-state index in [1.165, 1.54) is 6.07 Å². The van der Waals surface area contributed by atoms with E-state index in [1.807, 2.05) is 6.07 Å². The zero-order chi connectivity index (χ0) is 17.4. The summed E-state index contributed by atoms with van der Waals surface area (Å²) >= 11 is 0. The van der Waals surface area contributed by atoms with Gasteiger partial charge in [-0.2, -0.15) is 0 Å². The number of amides is 2. The summed E-state index contributed by atoms with van der Waals surface area (Å²) < 4.78 is 14.6. The van der Waals surface area contributed by atoms with E-state index in [1.54, 1.807) is 6.07 Å². The number of carbonyl (C=O) groups is 2. The van der Waals surface area contributed by atoms with Crippen LogP contribution in [0.2, 0.25) is 0 Å². The Labute approximate surface area is 146 Å². The molecule has 2 amide bonds. The molecule has 0 unspecified atom stereocenters. The van der Waals surface area contributed by atoms with Gasteiger partial charge in [-0.3, -0.25) is 14.9 Å². The summed E-state index contributed by atoms with van der Waals surface area (Å²) in [5, 5.41) is 8.70. The van der Waals surface area contributed by atoms with Gasteiger partial charge in [-0.25, -0.2) is 4.39 Å². The monoisotopic (exact) mass is 346 g/mol. The number of imide groups is 1. The number of nitrogens with one attached hydrogen (secondary N) is 3. The van der Waals surface area contributed by atoms with E-state index in [2.05, 4.69) is 20.9 Å². The summed E-state index contributed by atoms with van der Waals surface area (Å²) in [7, 11) is 0. The molecule has 4 rings (SSSR count). The van der Waals surface area contributed by atoms with Gasteiger partial charge in [0, 0.05) is 50.7 Å². The van der Waals surface area contributed by atoms with Gasteiger partial charge in [0.25, 0.3) is 0 Å². The third-order valence-electron chi connectivity index (χ3n) is 5.63. The minimum absolute atomic E-state index is 0.220. The van der Waals surface area contributed by atoms with Crippen molar-refractivity contribution in [2.45, 2.75) is 31.7 Å². The number of nitrogens with zero attached hydrogens (tertiary/aromatic N) is 1. The van der Waals surface area contributed by atoms with Crippen molar-refractivity contribution >= 4 is 23.2 Å². The Bertz CT molecular complexity index is 678. The number of rotatable bonds is 3. The van der Waals surface area contributed by atoms with E-state index in [9.17, 15) is 14.0 Å². The lowest BCUT2D eigenvalue weighted by Gasteiger charge is -2.49. The van der Waals surface area contributed by atoms with Crippen molar-refractivity contribution < 1.29 is 14.0 Å². The summed E-state index contributed by atoms with van der Waals surface area (Å²) in [5.41, 5.74) is 1.67. The van der Waals surface area contributed by atoms with Crippen molar-refractivity contribution in [3.05, 3.63) is 24.0 Å². The van der Waals surface area contributed by atoms with Gasteiger partial charge in [-0.1, -0.05) is 0 Å². The van der Waals surface area contributed by atoms with Gasteiger partial charge in [0.1, 0.15) is 5.82 Å². The number of hydrogen-bond donors (Lipinski definition) is 3. The van der Waals surface area contributed by atoms with Crippen LogP contribution in [0.15, 0.2) is 18.2 Å². The number of carbonyl (C=O) groups excluding carboxylic acids is 2. The first-order valence-electron chi connectivity index (χ1n) is 8.87. The highest BCUT2D eigenvalue weighted by Gasteiger charge is 2.39. The number of benzene rings is 1. The van der Waals surface area contributed by atoms with E-state index in [4.69, 9.17) is 0 Å². The standard InChI is InChI=1S/C18H23FN4O2/c19-14-7-12(21-13-8-16(24)22-17(25)9-13)1-2-15(14)23-5-3-18(4-6-23)10-20-11-18/h1-2,7,13,20-21H,3-6,8-11H2,(H,22,24,25). The second kappa shape index (κ2) is 6.29. The SMILES string of the molecule is O=C1CC(Nc2ccc(N3CCC4(CC3)CNC4)c(F)c2)CC(=O)N1. The second-order valence-corrected chi connectivity index (χ2v) is 7.48. The molecule has 0 radical (unpaired) electrons. The average molecular weight is 346 g/mol. The topological polar surface area (TPSA) is 73.5 Å². The molecular formula is C18H23FN4O2. The predicted octanol–water partition coefficient (Wildman–Crippen LogP) is 1.23. The van der Waals surface area contributed by atoms with Crippen LogP contribution in [0.4, 0.5) is 15.8 Å². The Kier molecular flexibility index (Phi) is 4.11. The molecule has 3 saturated heterocycles. The molecule has 6 nitrogen and oxygen atoms in total. The molecule has 3 N–H and O–H groups in total. The molecule has 1 aromatic carbocycles. The number of hydrogen-bond acceptors (Lipinski definition) is 5. The Morgan fingerprint density at radius 2 is 1.80 bits per heavy atom. The molecule has 0 saturated carbocycles. The van der Waals surface area contributed by atoms with E-state index in [0.717, 1.165) is 39.0 Å². The Morgan fingerprint density at radius 1 is 1.12 bits per heavy atom. The van der Waals surface area contributed by atoms with Gasteiger partial charge >= 0.3 is 0 Å². The summed E-state index contributed by atoms with van der Waals surface area (Å²) in [6.45, 7) is 3.92. The lowest BCUT2D eigenvalue weighted by molar-refractivity contribution is -0.133. The minimum Gasteiger partial charge on any atom is -0.381 e. The molecule has 1 spiro atoms. The van der Waals surface area contributed by atoms with Crippen LogP contribution < -0.4 is 20.9 Å². The van der Waals surface area contributed by atoms with Crippen LogP contribution in [-0.2, 0) is 9.59 Å². The highest BCUT2D eigenvalue weighted by atomic mass is 19.1. The predicted molar refractivity (Wildman–Crippen MR) is 92.9 cm³/mol. The maximum Gasteiger partial charge on any atom is 0.228 e. The van der Waals surface area contributed by atoms with Crippen LogP contribution in [0, 0.1) is 11.2 Å². The lowest BCUT2D eigenvalue weighted by Crippen LogP contribution is -2.58. The molecule has 3 aliphatic heterocycles. The third-order valence-corrected chi connectivity index (χ3v) is 5.63.